The van der Waals surface area contributed by atoms with Crippen LogP contribution in [-0.4, -0.2) is 48.1 Å². The van der Waals surface area contributed by atoms with Gasteiger partial charge in [0.25, 0.3) is 0 Å². The first-order valence-electron chi connectivity index (χ1n) is 10.6. The first kappa shape index (κ1) is 24.8. The molecule has 0 bridgehead atoms. The van der Waals surface area contributed by atoms with Crippen molar-refractivity contribution < 1.29 is 0 Å². The largest absolute Gasteiger partial charge is 0.357 e. The number of halogens is 1. The quantitative estimate of drug-likeness (QED) is 0.325. The summed E-state index contributed by atoms with van der Waals surface area (Å²) in [4.78, 5) is 16.4. The Labute approximate surface area is 202 Å². The smallest absolute Gasteiger partial charge is 0.191 e. The number of pyridine rings is 1. The van der Waals surface area contributed by atoms with Crippen LogP contribution in [0.3, 0.4) is 0 Å². The van der Waals surface area contributed by atoms with E-state index in [1.165, 1.54) is 5.69 Å². The molecular weight excluding hydrogens is 507 g/mol. The van der Waals surface area contributed by atoms with E-state index < -0.39 is 0 Å². The number of nitrogens with zero attached hydrogens (tertiary/aromatic N) is 4. The van der Waals surface area contributed by atoms with Gasteiger partial charge in [0, 0.05) is 55.6 Å². The lowest BCUT2D eigenvalue weighted by atomic mass is 9.93. The van der Waals surface area contributed by atoms with Gasteiger partial charge in [-0.15, -0.1) is 35.3 Å². The van der Waals surface area contributed by atoms with E-state index in [4.69, 9.17) is 9.98 Å². The normalized spacial score (nSPS) is 15.6. The van der Waals surface area contributed by atoms with E-state index in [2.05, 4.69) is 65.7 Å². The van der Waals surface area contributed by atoms with Crippen molar-refractivity contribution in [1.82, 2.24) is 20.6 Å². The fourth-order valence-corrected chi connectivity index (χ4v) is 4.35. The average Bonchev–Trinajstić information content (AvgIpc) is 3.19. The van der Waals surface area contributed by atoms with Gasteiger partial charge in [-0.25, -0.2) is 9.97 Å². The first-order chi connectivity index (χ1) is 14.0. The summed E-state index contributed by atoms with van der Waals surface area (Å²) in [6.45, 7) is 12.4. The second kappa shape index (κ2) is 11.8. The molecule has 166 valence electrons. The first-order valence-corrected chi connectivity index (χ1v) is 11.5. The van der Waals surface area contributed by atoms with Crippen molar-refractivity contribution in [2.24, 2.45) is 4.99 Å². The molecule has 0 aliphatic carbocycles. The third-order valence-corrected chi connectivity index (χ3v) is 5.98. The van der Waals surface area contributed by atoms with Gasteiger partial charge in [-0.05, 0) is 31.9 Å². The van der Waals surface area contributed by atoms with Crippen LogP contribution in [0, 0.1) is 0 Å². The van der Waals surface area contributed by atoms with E-state index in [1.54, 1.807) is 11.3 Å². The van der Waals surface area contributed by atoms with Gasteiger partial charge in [-0.1, -0.05) is 26.8 Å². The maximum atomic E-state index is 4.79. The third-order valence-electron chi connectivity index (χ3n) is 5.07. The molecular formula is C22H35IN6S. The van der Waals surface area contributed by atoms with Crippen molar-refractivity contribution >= 4 is 47.1 Å². The summed E-state index contributed by atoms with van der Waals surface area (Å²) in [5, 5.41) is 10.3. The fourth-order valence-electron chi connectivity index (χ4n) is 3.34. The van der Waals surface area contributed by atoms with Crippen LogP contribution >= 0.6 is 35.3 Å². The second-order valence-corrected chi connectivity index (χ2v) is 9.42. The SMILES string of the molecule is CCNC(=NCCc1nc(C(C)(C)C)cs1)NC1CCN(c2ccccn2)CC1.I. The Kier molecular flexibility index (Phi) is 9.80. The molecule has 6 nitrogen and oxygen atoms in total. The number of hydrogen-bond donors (Lipinski definition) is 2. The van der Waals surface area contributed by atoms with Gasteiger partial charge in [0.05, 0.1) is 10.7 Å². The van der Waals surface area contributed by atoms with Crippen LogP contribution in [0.15, 0.2) is 34.8 Å². The minimum absolute atomic E-state index is 0. The molecule has 2 aromatic heterocycles. The van der Waals surface area contributed by atoms with Crippen LogP contribution in [0.4, 0.5) is 5.82 Å². The van der Waals surface area contributed by atoms with Crippen molar-refractivity contribution in [2.75, 3.05) is 31.1 Å². The van der Waals surface area contributed by atoms with Crippen molar-refractivity contribution in [3.63, 3.8) is 0 Å². The van der Waals surface area contributed by atoms with E-state index in [9.17, 15) is 0 Å². The maximum absolute atomic E-state index is 4.79. The Morgan fingerprint density at radius 2 is 2.03 bits per heavy atom. The van der Waals surface area contributed by atoms with Gasteiger partial charge in [0.1, 0.15) is 5.82 Å². The number of nitrogens with one attached hydrogen (secondary N) is 2. The van der Waals surface area contributed by atoms with E-state index in [0.717, 1.165) is 62.2 Å². The Bertz CT molecular complexity index is 778. The van der Waals surface area contributed by atoms with E-state index >= 15 is 0 Å². The molecule has 2 N–H and O–H groups in total. The zero-order valence-electron chi connectivity index (χ0n) is 18.5. The van der Waals surface area contributed by atoms with Crippen molar-refractivity contribution in [3.05, 3.63) is 40.5 Å². The van der Waals surface area contributed by atoms with Crippen LogP contribution in [0.5, 0.6) is 0 Å². The Morgan fingerprint density at radius 1 is 1.27 bits per heavy atom. The average molecular weight is 543 g/mol. The van der Waals surface area contributed by atoms with Crippen LogP contribution in [0.25, 0.3) is 0 Å². The number of piperidine rings is 1. The lowest BCUT2D eigenvalue weighted by molar-refractivity contribution is 0.459. The number of guanidine groups is 1. The van der Waals surface area contributed by atoms with Gasteiger partial charge >= 0.3 is 0 Å². The Balaban J connectivity index is 0.00000320. The summed E-state index contributed by atoms with van der Waals surface area (Å²) in [7, 11) is 0. The topological polar surface area (TPSA) is 65.4 Å². The van der Waals surface area contributed by atoms with Crippen LogP contribution < -0.4 is 15.5 Å². The molecule has 1 aliphatic rings. The summed E-state index contributed by atoms with van der Waals surface area (Å²) in [5.74, 6) is 1.99. The second-order valence-electron chi connectivity index (χ2n) is 8.48. The highest BCUT2D eigenvalue weighted by Gasteiger charge is 2.21. The fraction of sp³-hybridized carbons (Fsp3) is 0.591. The Hall–Kier alpha value is -1.42. The van der Waals surface area contributed by atoms with E-state index in [1.807, 2.05) is 12.3 Å². The molecule has 2 aromatic rings. The summed E-state index contributed by atoms with van der Waals surface area (Å²) >= 11 is 1.74. The molecule has 0 unspecified atom stereocenters. The summed E-state index contributed by atoms with van der Waals surface area (Å²) < 4.78 is 0. The standard InChI is InChI=1S/C22H34N6S.HI/c1-5-23-21(25-13-9-20-27-18(16-29-20)22(2,3)4)26-17-10-14-28(15-11-17)19-8-6-7-12-24-19;/h6-8,12,16-17H,5,9-11,13-15H2,1-4H3,(H2,23,25,26);1H. The zero-order valence-corrected chi connectivity index (χ0v) is 21.7. The molecule has 1 saturated heterocycles. The molecule has 3 heterocycles. The van der Waals surface area contributed by atoms with Crippen LogP contribution in [0.2, 0.25) is 0 Å². The van der Waals surface area contributed by atoms with Gasteiger partial charge in [0.2, 0.25) is 0 Å². The number of aliphatic imine (C=N–C) groups is 1. The number of thiazole rings is 1. The number of hydrogen-bond acceptors (Lipinski definition) is 5. The van der Waals surface area contributed by atoms with Crippen molar-refractivity contribution in [3.8, 4) is 0 Å². The van der Waals surface area contributed by atoms with Gasteiger partial charge < -0.3 is 15.5 Å². The minimum Gasteiger partial charge on any atom is -0.357 e. The van der Waals surface area contributed by atoms with E-state index in [-0.39, 0.29) is 29.4 Å². The van der Waals surface area contributed by atoms with Crippen molar-refractivity contribution in [2.45, 2.75) is 58.4 Å². The third kappa shape index (κ3) is 7.37. The highest BCUT2D eigenvalue weighted by Crippen LogP contribution is 2.24. The molecule has 1 aliphatic heterocycles. The molecule has 8 heteroatoms. The van der Waals surface area contributed by atoms with Crippen LogP contribution in [0.1, 0.15) is 51.2 Å². The minimum atomic E-state index is 0. The van der Waals surface area contributed by atoms with Gasteiger partial charge in [0.15, 0.2) is 5.96 Å². The van der Waals surface area contributed by atoms with Crippen molar-refractivity contribution in [1.29, 1.82) is 0 Å². The number of rotatable bonds is 6. The molecule has 0 amide bonds. The van der Waals surface area contributed by atoms with Gasteiger partial charge in [-0.3, -0.25) is 4.99 Å². The zero-order chi connectivity index (χ0) is 20.7. The summed E-state index contributed by atoms with van der Waals surface area (Å²) in [6, 6.07) is 6.55. The predicted molar refractivity (Wildman–Crippen MR) is 139 cm³/mol. The molecule has 0 spiro atoms. The molecule has 0 aromatic carbocycles. The van der Waals surface area contributed by atoms with E-state index in [0.29, 0.717) is 6.04 Å². The maximum Gasteiger partial charge on any atom is 0.191 e. The molecule has 0 radical (unpaired) electrons. The summed E-state index contributed by atoms with van der Waals surface area (Å²) in [5.41, 5.74) is 1.28. The molecule has 0 atom stereocenters. The van der Waals surface area contributed by atoms with Crippen LogP contribution in [-0.2, 0) is 11.8 Å². The number of anilines is 1. The summed E-state index contributed by atoms with van der Waals surface area (Å²) in [6.07, 6.45) is 4.92. The molecule has 30 heavy (non-hydrogen) atoms. The molecule has 0 saturated carbocycles. The van der Waals surface area contributed by atoms with Gasteiger partial charge in [-0.2, -0.15) is 0 Å². The molecule has 3 rings (SSSR count). The highest BCUT2D eigenvalue weighted by molar-refractivity contribution is 14.0. The lowest BCUT2D eigenvalue weighted by Crippen LogP contribution is -2.49. The highest BCUT2D eigenvalue weighted by atomic mass is 127. The number of aromatic nitrogens is 2. The lowest BCUT2D eigenvalue weighted by Gasteiger charge is -2.33. The predicted octanol–water partition coefficient (Wildman–Crippen LogP) is 4.22. The molecule has 1 fully saturated rings. The Morgan fingerprint density at radius 3 is 2.63 bits per heavy atom. The monoisotopic (exact) mass is 542 g/mol.